The van der Waals surface area contributed by atoms with Crippen LogP contribution in [0.4, 0.5) is 0 Å². The second kappa shape index (κ2) is 22.6. The zero-order chi connectivity index (χ0) is 58.4. The molecule has 24 nitrogen and oxygen atoms in total. The zero-order valence-corrected chi connectivity index (χ0v) is 46.4. The average molecular weight is 1130 g/mol. The maximum Gasteiger partial charge on any atom is 0.335 e. The highest BCUT2D eigenvalue weighted by atomic mass is 16.8. The molecule has 4 saturated carbocycles. The molecule has 3 heterocycles. The second-order valence-electron chi connectivity index (χ2n) is 25.5. The van der Waals surface area contributed by atoms with E-state index in [0.717, 1.165) is 5.57 Å². The Morgan fingerprint density at radius 2 is 1.24 bits per heavy atom. The average Bonchev–Trinajstić information content (AvgIpc) is 3.25. The molecule has 24 heteroatoms. The van der Waals surface area contributed by atoms with Crippen LogP contribution in [0.15, 0.2) is 23.3 Å². The van der Waals surface area contributed by atoms with Gasteiger partial charge in [-0.25, -0.2) is 9.59 Å². The van der Waals surface area contributed by atoms with Crippen molar-refractivity contribution >= 4 is 17.9 Å². The number of carboxylic acids is 1. The van der Waals surface area contributed by atoms with E-state index in [9.17, 15) is 80.8 Å². The molecule has 8 aliphatic rings. The number of aliphatic hydroxyl groups is 12. The van der Waals surface area contributed by atoms with Crippen LogP contribution in [0.2, 0.25) is 0 Å². The highest BCUT2D eigenvalue weighted by Crippen LogP contribution is 2.76. The first-order chi connectivity index (χ1) is 36.9. The van der Waals surface area contributed by atoms with Gasteiger partial charge >= 0.3 is 17.9 Å². The van der Waals surface area contributed by atoms with E-state index in [2.05, 4.69) is 26.8 Å². The molecule has 21 unspecified atom stereocenters. The minimum Gasteiger partial charge on any atom is -0.479 e. The zero-order valence-electron chi connectivity index (χ0n) is 46.4. The number of hydrogen-bond donors (Lipinski definition) is 13. The molecular formula is C55H86O24. The molecular weight excluding hydrogens is 1040 g/mol. The number of hydrogen-bond acceptors (Lipinski definition) is 23. The van der Waals surface area contributed by atoms with Crippen LogP contribution < -0.4 is 0 Å². The van der Waals surface area contributed by atoms with Crippen LogP contribution in [0.25, 0.3) is 0 Å². The number of carbonyl (C=O) groups excluding carboxylic acids is 2. The lowest BCUT2D eigenvalue weighted by molar-refractivity contribution is -0.392. The van der Waals surface area contributed by atoms with Gasteiger partial charge in [-0.05, 0) is 92.8 Å². The third-order valence-electron chi connectivity index (χ3n) is 21.1. The van der Waals surface area contributed by atoms with Crippen LogP contribution in [0, 0.1) is 50.2 Å². The molecule has 0 aromatic carbocycles. The van der Waals surface area contributed by atoms with E-state index in [1.807, 2.05) is 20.8 Å². The van der Waals surface area contributed by atoms with Crippen molar-refractivity contribution in [3.63, 3.8) is 0 Å². The summed E-state index contributed by atoms with van der Waals surface area (Å²) < 4.78 is 48.2. The summed E-state index contributed by atoms with van der Waals surface area (Å²) in [4.78, 5) is 39.5. The lowest BCUT2D eigenvalue weighted by Gasteiger charge is -2.72. The van der Waals surface area contributed by atoms with E-state index in [1.165, 1.54) is 6.92 Å². The first kappa shape index (κ1) is 62.2. The van der Waals surface area contributed by atoms with Crippen molar-refractivity contribution in [3.8, 4) is 0 Å². The summed E-state index contributed by atoms with van der Waals surface area (Å²) in [6.45, 7) is 14.1. The first-order valence-electron chi connectivity index (χ1n) is 27.7. The summed E-state index contributed by atoms with van der Waals surface area (Å²) in [6.07, 6.45) is -26.5. The number of fused-ring (bicyclic) bond motifs is 7. The topological polar surface area (TPSA) is 388 Å². The van der Waals surface area contributed by atoms with Gasteiger partial charge < -0.3 is 104 Å². The van der Waals surface area contributed by atoms with Crippen LogP contribution in [-0.4, -0.2) is 227 Å². The molecule has 5 aliphatic carbocycles. The molecule has 0 spiro atoms. The number of ether oxygens (including phenoxy) is 8. The quantitative estimate of drug-likeness (QED) is 0.0415. The van der Waals surface area contributed by atoms with Gasteiger partial charge in [0.25, 0.3) is 0 Å². The number of aliphatic hydroxyl groups excluding tert-OH is 12. The fraction of sp³-hybridized carbons (Fsp3) is 0.873. The highest BCUT2D eigenvalue weighted by molar-refractivity contribution is 5.87. The second-order valence-corrected chi connectivity index (χ2v) is 25.5. The van der Waals surface area contributed by atoms with Crippen LogP contribution in [-0.2, 0) is 52.3 Å². The Labute approximate surface area is 459 Å². The fourth-order valence-electron chi connectivity index (χ4n) is 16.2. The number of esters is 2. The van der Waals surface area contributed by atoms with Crippen molar-refractivity contribution in [2.24, 2.45) is 50.2 Å². The van der Waals surface area contributed by atoms with Crippen LogP contribution in [0.3, 0.4) is 0 Å². The van der Waals surface area contributed by atoms with Gasteiger partial charge in [0.1, 0.15) is 79.4 Å². The number of carboxylic acid groups (broad SMARTS) is 1. The number of aliphatic carboxylic acids is 1. The molecule has 8 rings (SSSR count). The van der Waals surface area contributed by atoms with E-state index in [0.29, 0.717) is 37.7 Å². The molecule has 13 N–H and O–H groups in total. The van der Waals surface area contributed by atoms with Crippen LogP contribution >= 0.6 is 0 Å². The van der Waals surface area contributed by atoms with E-state index < -0.39 is 199 Å². The van der Waals surface area contributed by atoms with E-state index in [-0.39, 0.29) is 24.7 Å². The van der Waals surface area contributed by atoms with Gasteiger partial charge in [-0.15, -0.1) is 0 Å². The van der Waals surface area contributed by atoms with E-state index in [1.54, 1.807) is 19.9 Å². The summed E-state index contributed by atoms with van der Waals surface area (Å²) in [5.41, 5.74) is -3.78. The van der Waals surface area contributed by atoms with Crippen LogP contribution in [0.1, 0.15) is 107 Å². The van der Waals surface area contributed by atoms with Crippen molar-refractivity contribution in [3.05, 3.63) is 23.3 Å². The Kier molecular flexibility index (Phi) is 17.8. The molecule has 0 aromatic rings. The maximum absolute atomic E-state index is 13.4. The third kappa shape index (κ3) is 9.94. The van der Waals surface area contributed by atoms with Gasteiger partial charge in [-0.1, -0.05) is 59.3 Å². The minimum absolute atomic E-state index is 0.0849. The molecule has 0 amide bonds. The normalized spacial score (nSPS) is 50.6. The Hall–Kier alpha value is -2.83. The van der Waals surface area contributed by atoms with Crippen molar-refractivity contribution in [1.29, 1.82) is 0 Å². The summed E-state index contributed by atoms with van der Waals surface area (Å²) in [6, 6.07) is 0. The molecule has 0 radical (unpaired) electrons. The standard InChI is InChI=1S/C55H86O24/c1-10-23(2)46(71)79-43-44(72-24(3)60)55(22-59)26(17-50(43,4)5)25-11-12-30-51(6)15-14-32(52(7,21-58)29(51)13-16-53(30,8)54(25,9)18-31(55)61)75-49-41(77-48-38(67)36(65)34(63)28(20-57)74-48)39(68)40(42(78-49)45(69)70)76-47-37(66)35(64)33(62)27(19-56)73-47/h10-11,26-44,47-49,56-59,61-68H,12-22H2,1-9H3,(H,69,70)/b23-10-/t26?,27?,28?,29?,30?,31-,32?,33?,34?,35?,36?,37?,38?,39?,40?,41?,42?,43?,44+,47?,48?,49?,51+,52-,53-,54-,55?/m1/s1. The molecule has 79 heavy (non-hydrogen) atoms. The molecule has 3 saturated heterocycles. The summed E-state index contributed by atoms with van der Waals surface area (Å²) in [5, 5.41) is 143. The van der Waals surface area contributed by atoms with Crippen LogP contribution in [0.5, 0.6) is 0 Å². The van der Waals surface area contributed by atoms with Gasteiger partial charge in [0.15, 0.2) is 25.0 Å². The van der Waals surface area contributed by atoms with Gasteiger partial charge in [0, 0.05) is 23.3 Å². The summed E-state index contributed by atoms with van der Waals surface area (Å²) >= 11 is 0. The predicted octanol–water partition coefficient (Wildman–Crippen LogP) is -1.32. The molecule has 27 atom stereocenters. The lowest BCUT2D eigenvalue weighted by atomic mass is 9.33. The lowest BCUT2D eigenvalue weighted by Crippen LogP contribution is -2.72. The maximum atomic E-state index is 13.4. The predicted molar refractivity (Wildman–Crippen MR) is 269 cm³/mol. The smallest absolute Gasteiger partial charge is 0.335 e. The first-order valence-corrected chi connectivity index (χ1v) is 27.7. The molecule has 0 bridgehead atoms. The number of allylic oxidation sites excluding steroid dienone is 3. The monoisotopic (exact) mass is 1130 g/mol. The Morgan fingerprint density at radius 3 is 1.76 bits per heavy atom. The number of rotatable bonds is 14. The fourth-order valence-corrected chi connectivity index (χ4v) is 16.2. The number of carbonyl (C=O) groups is 3. The molecule has 450 valence electrons. The van der Waals surface area contributed by atoms with Gasteiger partial charge in [0.2, 0.25) is 0 Å². The molecule has 7 fully saturated rings. The Bertz CT molecular complexity index is 2290. The summed E-state index contributed by atoms with van der Waals surface area (Å²) in [5.74, 6) is -3.88. The van der Waals surface area contributed by atoms with E-state index >= 15 is 0 Å². The SMILES string of the molecule is C/C=C(/C)C(=O)OC1[C@H](OC(C)=O)C2(CO)C(CC1(C)C)C1=CCC3[C@@]4(C)CCC(OC5OC(C(=O)O)C(OC6OC(CO)C(O)C(O)C6O)C(O)C5OC5OC(CO)C(O)C(O)C5O)[C@](C)(CO)C4CC[C@@]3(C)[C@]1(C)C[C@H]2O. The van der Waals surface area contributed by atoms with Crippen molar-refractivity contribution in [1.82, 2.24) is 0 Å². The van der Waals surface area contributed by atoms with E-state index in [4.69, 9.17) is 37.9 Å². The Morgan fingerprint density at radius 1 is 0.658 bits per heavy atom. The highest BCUT2D eigenvalue weighted by Gasteiger charge is 2.74. The largest absolute Gasteiger partial charge is 0.479 e. The van der Waals surface area contributed by atoms with Crippen molar-refractivity contribution in [2.45, 2.75) is 224 Å². The molecule has 3 aliphatic heterocycles. The van der Waals surface area contributed by atoms with Gasteiger partial charge in [0.05, 0.1) is 44.1 Å². The summed E-state index contributed by atoms with van der Waals surface area (Å²) in [7, 11) is 0. The Balaban J connectivity index is 1.12. The van der Waals surface area contributed by atoms with Crippen molar-refractivity contribution < 1.29 is 119 Å². The molecule has 0 aromatic heterocycles. The van der Waals surface area contributed by atoms with Gasteiger partial charge in [-0.2, -0.15) is 0 Å². The van der Waals surface area contributed by atoms with Gasteiger partial charge in [-0.3, -0.25) is 4.79 Å². The van der Waals surface area contributed by atoms with Crippen molar-refractivity contribution in [2.75, 3.05) is 26.4 Å². The minimum atomic E-state index is -2.18. The third-order valence-corrected chi connectivity index (χ3v) is 21.1.